The molecule has 1 aliphatic carbocycles. The minimum atomic E-state index is 0.911. The first-order chi connectivity index (χ1) is 9.31. The summed E-state index contributed by atoms with van der Waals surface area (Å²) < 4.78 is 0. The van der Waals surface area contributed by atoms with Crippen LogP contribution in [0.2, 0.25) is 0 Å². The molecule has 0 saturated heterocycles. The fourth-order valence-electron chi connectivity index (χ4n) is 3.06. The van der Waals surface area contributed by atoms with Crippen LogP contribution in [0.25, 0.3) is 0 Å². The van der Waals surface area contributed by atoms with Gasteiger partial charge in [0.25, 0.3) is 0 Å². The highest BCUT2D eigenvalue weighted by atomic mass is 32.1. The van der Waals surface area contributed by atoms with Crippen LogP contribution < -0.4 is 10.6 Å². The van der Waals surface area contributed by atoms with Gasteiger partial charge in [-0.15, -0.1) is 11.3 Å². The maximum absolute atomic E-state index is 6.07. The van der Waals surface area contributed by atoms with Gasteiger partial charge in [-0.3, -0.25) is 0 Å². The van der Waals surface area contributed by atoms with Crippen LogP contribution in [0.4, 0.5) is 10.8 Å². The average Bonchev–Trinajstić information content (AvgIpc) is 3.02. The van der Waals surface area contributed by atoms with Crippen LogP contribution >= 0.6 is 11.3 Å². The lowest BCUT2D eigenvalue weighted by molar-refractivity contribution is 0.681. The molecule has 0 atom stereocenters. The van der Waals surface area contributed by atoms with Crippen molar-refractivity contribution in [3.05, 3.63) is 39.9 Å². The largest absolute Gasteiger partial charge is 0.398 e. The van der Waals surface area contributed by atoms with Crippen LogP contribution in [-0.2, 0) is 25.9 Å². The Kier molecular flexibility index (Phi) is 2.52. The van der Waals surface area contributed by atoms with E-state index in [1.807, 2.05) is 23.5 Å². The summed E-state index contributed by atoms with van der Waals surface area (Å²) in [4.78, 5) is 8.72. The summed E-state index contributed by atoms with van der Waals surface area (Å²) in [6.07, 6.45) is 5.00. The van der Waals surface area contributed by atoms with Gasteiger partial charge in [-0.25, -0.2) is 4.98 Å². The maximum Gasteiger partial charge on any atom is 0.186 e. The number of nitrogens with zero attached hydrogens (tertiary/aromatic N) is 2. The topological polar surface area (TPSA) is 42.1 Å². The highest BCUT2D eigenvalue weighted by Crippen LogP contribution is 2.37. The Labute approximate surface area is 117 Å². The van der Waals surface area contributed by atoms with Crippen molar-refractivity contribution < 1.29 is 0 Å². The van der Waals surface area contributed by atoms with E-state index in [1.165, 1.54) is 46.1 Å². The molecule has 0 saturated carbocycles. The fraction of sp³-hybridized carbons (Fsp3) is 0.400. The van der Waals surface area contributed by atoms with Crippen molar-refractivity contribution in [3.63, 3.8) is 0 Å². The van der Waals surface area contributed by atoms with Crippen molar-refractivity contribution in [1.29, 1.82) is 0 Å². The lowest BCUT2D eigenvalue weighted by Gasteiger charge is -2.13. The Morgan fingerprint density at radius 3 is 2.89 bits per heavy atom. The van der Waals surface area contributed by atoms with E-state index in [9.17, 15) is 0 Å². The van der Waals surface area contributed by atoms with Crippen molar-refractivity contribution in [2.75, 3.05) is 10.6 Å². The zero-order chi connectivity index (χ0) is 12.8. The van der Waals surface area contributed by atoms with Gasteiger partial charge in [0.2, 0.25) is 0 Å². The molecule has 3 nitrogen and oxygen atoms in total. The molecule has 19 heavy (non-hydrogen) atoms. The second-order valence-electron chi connectivity index (χ2n) is 5.41. The fourth-order valence-corrected chi connectivity index (χ4v) is 4.20. The molecule has 0 unspecified atom stereocenters. The van der Waals surface area contributed by atoms with Crippen molar-refractivity contribution in [3.8, 4) is 0 Å². The van der Waals surface area contributed by atoms with E-state index in [1.54, 1.807) is 0 Å². The van der Waals surface area contributed by atoms with E-state index in [-0.39, 0.29) is 0 Å². The van der Waals surface area contributed by atoms with E-state index in [0.29, 0.717) is 0 Å². The van der Waals surface area contributed by atoms with Gasteiger partial charge in [0.05, 0.1) is 5.69 Å². The smallest absolute Gasteiger partial charge is 0.186 e. The Morgan fingerprint density at radius 2 is 2.05 bits per heavy atom. The summed E-state index contributed by atoms with van der Waals surface area (Å²) in [5.74, 6) is 0. The van der Waals surface area contributed by atoms with Gasteiger partial charge in [-0.2, -0.15) is 0 Å². The Hall–Kier alpha value is -1.55. The molecule has 0 spiro atoms. The Morgan fingerprint density at radius 1 is 1.16 bits per heavy atom. The van der Waals surface area contributed by atoms with E-state index in [0.717, 1.165) is 25.2 Å². The first-order valence-electron chi connectivity index (χ1n) is 6.91. The molecule has 98 valence electrons. The molecule has 0 bridgehead atoms. The molecule has 1 aromatic heterocycles. The van der Waals surface area contributed by atoms with Crippen molar-refractivity contribution in [1.82, 2.24) is 4.98 Å². The van der Waals surface area contributed by atoms with Gasteiger partial charge in [0, 0.05) is 23.7 Å². The molecule has 2 N–H and O–H groups in total. The number of aromatic nitrogens is 1. The van der Waals surface area contributed by atoms with E-state index in [2.05, 4.69) is 11.0 Å². The highest BCUT2D eigenvalue weighted by molar-refractivity contribution is 7.15. The van der Waals surface area contributed by atoms with Crippen LogP contribution in [-0.4, -0.2) is 4.98 Å². The first kappa shape index (κ1) is 11.3. The molecular weight excluding hydrogens is 254 g/mol. The number of nitrogens with two attached hydrogens (primary N) is 1. The predicted molar refractivity (Wildman–Crippen MR) is 79.5 cm³/mol. The molecule has 4 heteroatoms. The number of thiazole rings is 1. The zero-order valence-electron chi connectivity index (χ0n) is 10.9. The van der Waals surface area contributed by atoms with Gasteiger partial charge >= 0.3 is 0 Å². The highest BCUT2D eigenvalue weighted by Gasteiger charge is 2.25. The second-order valence-corrected chi connectivity index (χ2v) is 6.48. The molecule has 0 radical (unpaired) electrons. The van der Waals surface area contributed by atoms with E-state index in [4.69, 9.17) is 10.7 Å². The number of anilines is 2. The molecule has 0 fully saturated rings. The summed E-state index contributed by atoms with van der Waals surface area (Å²) in [7, 11) is 0. The Balaban J connectivity index is 1.65. The maximum atomic E-state index is 6.07. The lowest BCUT2D eigenvalue weighted by Crippen LogP contribution is -2.14. The Bertz CT molecular complexity index is 609. The lowest BCUT2D eigenvalue weighted by atomic mass is 10.0. The summed E-state index contributed by atoms with van der Waals surface area (Å²) in [5.41, 5.74) is 11.0. The normalized spacial score (nSPS) is 17.4. The van der Waals surface area contributed by atoms with E-state index >= 15 is 0 Å². The van der Waals surface area contributed by atoms with Crippen LogP contribution in [0, 0.1) is 0 Å². The van der Waals surface area contributed by atoms with Gasteiger partial charge in [-0.05, 0) is 42.9 Å². The number of hydrogen-bond acceptors (Lipinski definition) is 4. The number of rotatable bonds is 1. The number of hydrogen-bond donors (Lipinski definition) is 1. The third-order valence-electron chi connectivity index (χ3n) is 4.12. The van der Waals surface area contributed by atoms with Crippen LogP contribution in [0.1, 0.15) is 34.5 Å². The van der Waals surface area contributed by atoms with Gasteiger partial charge in [0.1, 0.15) is 0 Å². The summed E-state index contributed by atoms with van der Waals surface area (Å²) in [6, 6.07) is 6.22. The predicted octanol–water partition coefficient (Wildman–Crippen LogP) is 3.12. The second kappa shape index (κ2) is 4.23. The number of benzene rings is 1. The minimum absolute atomic E-state index is 0.911. The van der Waals surface area contributed by atoms with Crippen LogP contribution in [0.5, 0.6) is 0 Å². The molecule has 4 rings (SSSR count). The number of fused-ring (bicyclic) bond motifs is 2. The van der Waals surface area contributed by atoms with Gasteiger partial charge in [-0.1, -0.05) is 12.1 Å². The minimum Gasteiger partial charge on any atom is -0.398 e. The molecule has 2 aromatic rings. The van der Waals surface area contributed by atoms with Gasteiger partial charge < -0.3 is 10.6 Å². The number of nitrogen functional groups attached to an aromatic ring is 1. The molecular formula is C15H17N3S. The van der Waals surface area contributed by atoms with Crippen molar-refractivity contribution in [2.24, 2.45) is 0 Å². The SMILES string of the molecule is Nc1cccc2c1CN(c1nc3c(s1)CCCC3)C2. The van der Waals surface area contributed by atoms with Crippen molar-refractivity contribution >= 4 is 22.2 Å². The summed E-state index contributed by atoms with van der Waals surface area (Å²) in [5, 5.41) is 1.18. The number of aryl methyl sites for hydroxylation is 2. The third kappa shape index (κ3) is 1.82. The zero-order valence-corrected chi connectivity index (χ0v) is 11.7. The molecule has 2 heterocycles. The summed E-state index contributed by atoms with van der Waals surface area (Å²) in [6.45, 7) is 1.86. The molecule has 2 aliphatic rings. The standard InChI is InChI=1S/C15H17N3S/c16-12-5-3-4-10-8-18(9-11(10)12)15-17-13-6-1-2-7-14(13)19-15/h3-5H,1-2,6-9,16H2. The van der Waals surface area contributed by atoms with Crippen LogP contribution in [0.3, 0.4) is 0 Å². The first-order valence-corrected chi connectivity index (χ1v) is 7.72. The van der Waals surface area contributed by atoms with Crippen LogP contribution in [0.15, 0.2) is 18.2 Å². The average molecular weight is 271 g/mol. The third-order valence-corrected chi connectivity index (χ3v) is 5.34. The van der Waals surface area contributed by atoms with E-state index < -0.39 is 0 Å². The van der Waals surface area contributed by atoms with Crippen molar-refractivity contribution in [2.45, 2.75) is 38.8 Å². The van der Waals surface area contributed by atoms with Gasteiger partial charge in [0.15, 0.2) is 5.13 Å². The molecule has 0 amide bonds. The quantitative estimate of drug-likeness (QED) is 0.810. The summed E-state index contributed by atoms with van der Waals surface area (Å²) >= 11 is 1.88. The molecule has 1 aromatic carbocycles. The monoisotopic (exact) mass is 271 g/mol. The molecule has 1 aliphatic heterocycles.